The molecule has 148 valence electrons. The molecule has 1 aliphatic carbocycles. The minimum atomic E-state index is -3.23. The van der Waals surface area contributed by atoms with Crippen molar-refractivity contribution in [2.24, 2.45) is 0 Å². The van der Waals surface area contributed by atoms with Gasteiger partial charge >= 0.3 is 0 Å². The summed E-state index contributed by atoms with van der Waals surface area (Å²) in [6.07, 6.45) is 6.07. The van der Waals surface area contributed by atoms with Gasteiger partial charge in [0.15, 0.2) is 5.82 Å². The predicted octanol–water partition coefficient (Wildman–Crippen LogP) is 2.25. The molecule has 2 atom stereocenters. The van der Waals surface area contributed by atoms with Gasteiger partial charge in [0.05, 0.1) is 24.3 Å². The lowest BCUT2D eigenvalue weighted by Crippen LogP contribution is -2.33. The van der Waals surface area contributed by atoms with Crippen LogP contribution in [0.3, 0.4) is 0 Å². The van der Waals surface area contributed by atoms with Crippen molar-refractivity contribution in [3.63, 3.8) is 0 Å². The van der Waals surface area contributed by atoms with Gasteiger partial charge in [0, 0.05) is 18.1 Å². The average molecular weight is 396 g/mol. The Balaban J connectivity index is 1.79. The minimum absolute atomic E-state index is 0.0271. The first-order chi connectivity index (χ1) is 12.6. The van der Waals surface area contributed by atoms with Gasteiger partial charge in [-0.1, -0.05) is 0 Å². The molecule has 2 aromatic rings. The summed E-state index contributed by atoms with van der Waals surface area (Å²) in [5.41, 5.74) is 0.805. The monoisotopic (exact) mass is 396 g/mol. The van der Waals surface area contributed by atoms with Gasteiger partial charge in [-0.15, -0.1) is 0 Å². The van der Waals surface area contributed by atoms with Crippen molar-refractivity contribution >= 4 is 16.0 Å². The van der Waals surface area contributed by atoms with Gasteiger partial charge in [0.25, 0.3) is 0 Å². The maximum Gasteiger partial charge on any atom is 0.223 e. The van der Waals surface area contributed by atoms with Crippen LogP contribution in [0.15, 0.2) is 12.4 Å². The maximum absolute atomic E-state index is 14.4. The molecule has 2 N–H and O–H groups in total. The summed E-state index contributed by atoms with van der Waals surface area (Å²) in [6, 6.07) is 0.0349. The van der Waals surface area contributed by atoms with Gasteiger partial charge in [-0.3, -0.25) is 0 Å². The highest BCUT2D eigenvalue weighted by atomic mass is 32.2. The first kappa shape index (κ1) is 19.7. The molecule has 2 aromatic heterocycles. The first-order valence-corrected chi connectivity index (χ1v) is 10.8. The topological polar surface area (TPSA) is 102 Å². The molecule has 3 rings (SSSR count). The molecule has 0 aromatic carbocycles. The van der Waals surface area contributed by atoms with E-state index in [9.17, 15) is 12.8 Å². The average Bonchev–Trinajstić information content (AvgIpc) is 3.14. The Morgan fingerprint density at radius 2 is 1.93 bits per heavy atom. The molecule has 0 unspecified atom stereocenters. The summed E-state index contributed by atoms with van der Waals surface area (Å²) in [6.45, 7) is 5.88. The van der Waals surface area contributed by atoms with Gasteiger partial charge in [-0.25, -0.2) is 32.5 Å². The van der Waals surface area contributed by atoms with Crippen LogP contribution in [0.5, 0.6) is 0 Å². The molecule has 0 spiro atoms. The van der Waals surface area contributed by atoms with Crippen LogP contribution in [0, 0.1) is 12.7 Å². The second kappa shape index (κ2) is 7.51. The molecule has 8 nitrogen and oxygen atoms in total. The van der Waals surface area contributed by atoms with Crippen molar-refractivity contribution in [3.05, 3.63) is 24.0 Å². The zero-order chi connectivity index (χ0) is 19.8. The SMILES string of the molecule is Cc1ncc(-c2nc(N[C@H]3CC[C@@H](NS(C)(=O)=O)C3)ncc2F)n1C(C)C. The minimum Gasteiger partial charge on any atom is -0.351 e. The lowest BCUT2D eigenvalue weighted by Gasteiger charge is -2.16. The highest BCUT2D eigenvalue weighted by molar-refractivity contribution is 7.88. The Labute approximate surface area is 158 Å². The molecule has 0 saturated heterocycles. The third-order valence-electron chi connectivity index (χ3n) is 4.63. The second-order valence-corrected chi connectivity index (χ2v) is 9.07. The number of rotatable bonds is 6. The molecule has 10 heteroatoms. The third kappa shape index (κ3) is 4.62. The summed E-state index contributed by atoms with van der Waals surface area (Å²) in [5, 5.41) is 3.20. The standard InChI is InChI=1S/C17H25FN6O2S/c1-10(2)24-11(3)19-9-15(24)16-14(18)8-20-17(22-16)21-12-5-6-13(7-12)23-27(4,25)26/h8-10,12-13,23H,5-7H2,1-4H3,(H,20,21,22)/t12-,13+/m0/s1. The fourth-order valence-corrected chi connectivity index (χ4v) is 4.42. The largest absolute Gasteiger partial charge is 0.351 e. The highest BCUT2D eigenvalue weighted by Gasteiger charge is 2.27. The quantitative estimate of drug-likeness (QED) is 0.777. The number of imidazole rings is 1. The Morgan fingerprint density at radius 3 is 2.59 bits per heavy atom. The van der Waals surface area contributed by atoms with Crippen molar-refractivity contribution < 1.29 is 12.8 Å². The zero-order valence-corrected chi connectivity index (χ0v) is 16.7. The number of aryl methyl sites for hydroxylation is 1. The number of hydrogen-bond donors (Lipinski definition) is 2. The second-order valence-electron chi connectivity index (χ2n) is 7.29. The van der Waals surface area contributed by atoms with Crippen LogP contribution in [-0.2, 0) is 10.0 Å². The molecule has 1 aliphatic rings. The van der Waals surface area contributed by atoms with Crippen molar-refractivity contribution in [2.75, 3.05) is 11.6 Å². The summed E-state index contributed by atoms with van der Waals surface area (Å²) in [7, 11) is -3.23. The molecule has 0 aliphatic heterocycles. The van der Waals surface area contributed by atoms with E-state index in [4.69, 9.17) is 0 Å². The summed E-state index contributed by atoms with van der Waals surface area (Å²) in [4.78, 5) is 12.7. The normalized spacial score (nSPS) is 20.4. The van der Waals surface area contributed by atoms with Crippen LogP contribution in [0.1, 0.15) is 45.0 Å². The fraction of sp³-hybridized carbons (Fsp3) is 0.588. The van der Waals surface area contributed by atoms with Crippen LogP contribution in [-0.4, -0.2) is 46.3 Å². The maximum atomic E-state index is 14.4. The number of halogens is 1. The van der Waals surface area contributed by atoms with Crippen molar-refractivity contribution in [1.82, 2.24) is 24.2 Å². The molecular formula is C17H25FN6O2S. The van der Waals surface area contributed by atoms with E-state index in [-0.39, 0.29) is 23.8 Å². The molecule has 1 fully saturated rings. The van der Waals surface area contributed by atoms with Crippen molar-refractivity contribution in [2.45, 2.75) is 58.2 Å². The summed E-state index contributed by atoms with van der Waals surface area (Å²) in [5.74, 6) is 0.606. The fourth-order valence-electron chi connectivity index (χ4n) is 3.60. The van der Waals surface area contributed by atoms with Gasteiger partial charge in [-0.05, 0) is 40.0 Å². The van der Waals surface area contributed by atoms with Crippen LogP contribution in [0.2, 0.25) is 0 Å². The lowest BCUT2D eigenvalue weighted by atomic mass is 10.2. The number of aromatic nitrogens is 4. The van der Waals surface area contributed by atoms with E-state index < -0.39 is 15.8 Å². The van der Waals surface area contributed by atoms with E-state index in [0.717, 1.165) is 31.1 Å². The van der Waals surface area contributed by atoms with E-state index >= 15 is 0 Å². The molecular weight excluding hydrogens is 371 g/mol. The van der Waals surface area contributed by atoms with E-state index in [1.807, 2.05) is 25.3 Å². The number of nitrogens with one attached hydrogen (secondary N) is 2. The number of hydrogen-bond acceptors (Lipinski definition) is 6. The predicted molar refractivity (Wildman–Crippen MR) is 101 cm³/mol. The van der Waals surface area contributed by atoms with Gasteiger partial charge < -0.3 is 9.88 Å². The van der Waals surface area contributed by atoms with E-state index in [2.05, 4.69) is 25.0 Å². The van der Waals surface area contributed by atoms with Crippen LogP contribution in [0.25, 0.3) is 11.4 Å². The summed E-state index contributed by atoms with van der Waals surface area (Å²) < 4.78 is 41.7. The van der Waals surface area contributed by atoms with Crippen molar-refractivity contribution in [1.29, 1.82) is 0 Å². The van der Waals surface area contributed by atoms with E-state index in [1.54, 1.807) is 6.20 Å². The lowest BCUT2D eigenvalue weighted by molar-refractivity contribution is 0.555. The van der Waals surface area contributed by atoms with E-state index in [1.165, 1.54) is 0 Å². The number of nitrogens with zero attached hydrogens (tertiary/aromatic N) is 4. The third-order valence-corrected chi connectivity index (χ3v) is 5.39. The zero-order valence-electron chi connectivity index (χ0n) is 15.9. The van der Waals surface area contributed by atoms with Crippen LogP contribution in [0.4, 0.5) is 10.3 Å². The molecule has 2 heterocycles. The Kier molecular flexibility index (Phi) is 5.48. The van der Waals surface area contributed by atoms with Crippen molar-refractivity contribution in [3.8, 4) is 11.4 Å². The van der Waals surface area contributed by atoms with Crippen LogP contribution >= 0.6 is 0 Å². The van der Waals surface area contributed by atoms with Gasteiger partial charge in [-0.2, -0.15) is 0 Å². The molecule has 0 radical (unpaired) electrons. The first-order valence-electron chi connectivity index (χ1n) is 8.94. The highest BCUT2D eigenvalue weighted by Crippen LogP contribution is 2.27. The molecule has 0 bridgehead atoms. The Morgan fingerprint density at radius 1 is 1.22 bits per heavy atom. The summed E-state index contributed by atoms with van der Waals surface area (Å²) >= 11 is 0. The smallest absolute Gasteiger partial charge is 0.223 e. The Bertz CT molecular complexity index is 928. The molecule has 27 heavy (non-hydrogen) atoms. The Hall–Kier alpha value is -2.07. The van der Waals surface area contributed by atoms with Gasteiger partial charge in [0.2, 0.25) is 16.0 Å². The number of anilines is 1. The molecule has 0 amide bonds. The van der Waals surface area contributed by atoms with E-state index in [0.29, 0.717) is 18.1 Å². The number of sulfonamides is 1. The van der Waals surface area contributed by atoms with Gasteiger partial charge in [0.1, 0.15) is 11.5 Å². The van der Waals surface area contributed by atoms with Crippen LogP contribution < -0.4 is 10.0 Å². The molecule has 1 saturated carbocycles.